The highest BCUT2D eigenvalue weighted by molar-refractivity contribution is 9.10. The Kier molecular flexibility index (Phi) is 4.49. The molecule has 126 valence electrons. The third-order valence-electron chi connectivity index (χ3n) is 4.72. The molecule has 1 fully saturated rings. The van der Waals surface area contributed by atoms with E-state index in [1.807, 2.05) is 64.1 Å². The first-order valence-corrected chi connectivity index (χ1v) is 8.69. The lowest BCUT2D eigenvalue weighted by molar-refractivity contribution is 0.00578. The van der Waals surface area contributed by atoms with Crippen molar-refractivity contribution >= 4 is 28.5 Å². The lowest BCUT2D eigenvalue weighted by Crippen LogP contribution is -2.41. The van der Waals surface area contributed by atoms with Gasteiger partial charge in [0.1, 0.15) is 10.4 Å². The van der Waals surface area contributed by atoms with E-state index in [1.165, 1.54) is 0 Å². The number of hydrogen-bond donors (Lipinski definition) is 0. The Hall–Kier alpha value is -1.37. The van der Waals surface area contributed by atoms with Crippen LogP contribution in [-0.2, 0) is 9.31 Å². The molecule has 0 saturated carbocycles. The number of pyridine rings is 1. The quantitative estimate of drug-likeness (QED) is 0.591. The van der Waals surface area contributed by atoms with Gasteiger partial charge in [-0.2, -0.15) is 0 Å². The second kappa shape index (κ2) is 6.17. The summed E-state index contributed by atoms with van der Waals surface area (Å²) < 4.78 is 18.5. The van der Waals surface area contributed by atoms with Gasteiger partial charge in [0.15, 0.2) is 0 Å². The summed E-state index contributed by atoms with van der Waals surface area (Å²) in [5, 5.41) is 0. The zero-order valence-electron chi connectivity index (χ0n) is 14.6. The fourth-order valence-corrected chi connectivity index (χ4v) is 3.08. The Morgan fingerprint density at radius 2 is 1.67 bits per heavy atom. The zero-order valence-corrected chi connectivity index (χ0v) is 16.2. The SMILES string of the molecule is COc1ccccc1-c1cc(B2OC(C)(C)C(C)(C)O2)cc(Br)n1. The van der Waals surface area contributed by atoms with Crippen molar-refractivity contribution in [2.75, 3.05) is 7.11 Å². The van der Waals surface area contributed by atoms with Crippen LogP contribution >= 0.6 is 15.9 Å². The predicted molar refractivity (Wildman–Crippen MR) is 99.6 cm³/mol. The van der Waals surface area contributed by atoms with Gasteiger partial charge >= 0.3 is 7.12 Å². The van der Waals surface area contributed by atoms with E-state index in [-0.39, 0.29) is 11.2 Å². The summed E-state index contributed by atoms with van der Waals surface area (Å²) in [5.41, 5.74) is 1.91. The van der Waals surface area contributed by atoms with Gasteiger partial charge in [-0.3, -0.25) is 0 Å². The van der Waals surface area contributed by atoms with E-state index in [9.17, 15) is 0 Å². The maximum Gasteiger partial charge on any atom is 0.495 e. The van der Waals surface area contributed by atoms with Crippen molar-refractivity contribution in [3.63, 3.8) is 0 Å². The number of para-hydroxylation sites is 1. The molecule has 0 N–H and O–H groups in total. The first-order chi connectivity index (χ1) is 11.2. The van der Waals surface area contributed by atoms with E-state index >= 15 is 0 Å². The maximum atomic E-state index is 6.15. The van der Waals surface area contributed by atoms with Gasteiger partial charge < -0.3 is 14.0 Å². The summed E-state index contributed by atoms with van der Waals surface area (Å²) in [7, 11) is 1.23. The molecule has 2 aromatic rings. The van der Waals surface area contributed by atoms with Crippen LogP contribution in [-0.4, -0.2) is 30.4 Å². The molecule has 24 heavy (non-hydrogen) atoms. The topological polar surface area (TPSA) is 40.6 Å². The van der Waals surface area contributed by atoms with Crippen LogP contribution in [0.25, 0.3) is 11.3 Å². The summed E-state index contributed by atoms with van der Waals surface area (Å²) in [6.07, 6.45) is 0. The molecular weight excluding hydrogens is 369 g/mol. The number of hydrogen-bond acceptors (Lipinski definition) is 4. The van der Waals surface area contributed by atoms with E-state index in [0.29, 0.717) is 0 Å². The zero-order chi connectivity index (χ0) is 17.5. The second-order valence-electron chi connectivity index (χ2n) is 6.90. The summed E-state index contributed by atoms with van der Waals surface area (Å²) >= 11 is 3.50. The lowest BCUT2D eigenvalue weighted by atomic mass is 9.79. The number of ether oxygens (including phenoxy) is 1. The second-order valence-corrected chi connectivity index (χ2v) is 7.71. The number of methoxy groups -OCH3 is 1. The van der Waals surface area contributed by atoms with Gasteiger partial charge in [-0.05, 0) is 73.4 Å². The molecule has 1 aliphatic rings. The van der Waals surface area contributed by atoms with Crippen LogP contribution in [0.5, 0.6) is 5.75 Å². The highest BCUT2D eigenvalue weighted by Crippen LogP contribution is 2.37. The molecular formula is C18H21BBrNO3. The van der Waals surface area contributed by atoms with E-state index in [4.69, 9.17) is 14.0 Å². The van der Waals surface area contributed by atoms with Crippen molar-refractivity contribution in [1.82, 2.24) is 4.98 Å². The molecule has 0 spiro atoms. The minimum absolute atomic E-state index is 0.377. The van der Waals surface area contributed by atoms with Crippen molar-refractivity contribution in [2.45, 2.75) is 38.9 Å². The van der Waals surface area contributed by atoms with Crippen molar-refractivity contribution in [3.8, 4) is 17.0 Å². The lowest BCUT2D eigenvalue weighted by Gasteiger charge is -2.32. The van der Waals surface area contributed by atoms with E-state index in [0.717, 1.165) is 27.1 Å². The van der Waals surface area contributed by atoms with Crippen molar-refractivity contribution in [3.05, 3.63) is 41.0 Å². The van der Waals surface area contributed by atoms with Gasteiger partial charge in [0.25, 0.3) is 0 Å². The minimum Gasteiger partial charge on any atom is -0.496 e. The fraction of sp³-hybridized carbons (Fsp3) is 0.389. The van der Waals surface area contributed by atoms with Crippen LogP contribution in [0.3, 0.4) is 0 Å². The molecule has 0 amide bonds. The molecule has 1 aromatic heterocycles. The normalized spacial score (nSPS) is 18.7. The molecule has 0 aliphatic carbocycles. The van der Waals surface area contributed by atoms with Gasteiger partial charge in [-0.1, -0.05) is 12.1 Å². The number of rotatable bonds is 3. The molecule has 1 aromatic carbocycles. The number of halogens is 1. The van der Waals surface area contributed by atoms with Crippen LogP contribution in [0.2, 0.25) is 0 Å². The van der Waals surface area contributed by atoms with Gasteiger partial charge in [-0.25, -0.2) is 4.98 Å². The third-order valence-corrected chi connectivity index (χ3v) is 5.13. The molecule has 2 heterocycles. The Balaban J connectivity index is 2.02. The third kappa shape index (κ3) is 3.10. The van der Waals surface area contributed by atoms with Crippen molar-refractivity contribution in [1.29, 1.82) is 0 Å². The summed E-state index contributed by atoms with van der Waals surface area (Å²) in [6.45, 7) is 8.18. The summed E-state index contributed by atoms with van der Waals surface area (Å²) in [5.74, 6) is 0.781. The Morgan fingerprint density at radius 1 is 1.04 bits per heavy atom. The Morgan fingerprint density at radius 3 is 2.29 bits per heavy atom. The highest BCUT2D eigenvalue weighted by atomic mass is 79.9. The van der Waals surface area contributed by atoms with Gasteiger partial charge in [0.2, 0.25) is 0 Å². The van der Waals surface area contributed by atoms with Gasteiger partial charge in [0.05, 0.1) is 24.0 Å². The van der Waals surface area contributed by atoms with E-state index < -0.39 is 7.12 Å². The molecule has 0 atom stereocenters. The van der Waals surface area contributed by atoms with E-state index in [1.54, 1.807) is 7.11 Å². The molecule has 0 bridgehead atoms. The maximum absolute atomic E-state index is 6.15. The predicted octanol–water partition coefficient (Wildman–Crippen LogP) is 3.82. The van der Waals surface area contributed by atoms with Crippen LogP contribution in [0.4, 0.5) is 0 Å². The van der Waals surface area contributed by atoms with Crippen LogP contribution in [0.1, 0.15) is 27.7 Å². The minimum atomic E-state index is -0.428. The number of nitrogens with zero attached hydrogens (tertiary/aromatic N) is 1. The number of benzene rings is 1. The summed E-state index contributed by atoms with van der Waals surface area (Å²) in [4.78, 5) is 4.58. The molecule has 1 aliphatic heterocycles. The molecule has 0 radical (unpaired) electrons. The first kappa shape index (κ1) is 17.5. The monoisotopic (exact) mass is 389 g/mol. The fourth-order valence-electron chi connectivity index (χ4n) is 2.63. The molecule has 6 heteroatoms. The van der Waals surface area contributed by atoms with Crippen LogP contribution in [0, 0.1) is 0 Å². The Labute approximate surface area is 151 Å². The smallest absolute Gasteiger partial charge is 0.495 e. The number of aromatic nitrogens is 1. The molecule has 1 saturated heterocycles. The standard InChI is InChI=1S/C18H21BBrNO3/c1-17(2)18(3,4)24-19(23-17)12-10-14(21-16(20)11-12)13-8-6-7-9-15(13)22-5/h6-11H,1-5H3. The van der Waals surface area contributed by atoms with Crippen molar-refractivity contribution in [2.24, 2.45) is 0 Å². The van der Waals surface area contributed by atoms with Crippen LogP contribution < -0.4 is 10.2 Å². The molecule has 0 unspecified atom stereocenters. The highest BCUT2D eigenvalue weighted by Gasteiger charge is 2.51. The summed E-state index contributed by atoms with van der Waals surface area (Å²) in [6, 6.07) is 11.7. The first-order valence-electron chi connectivity index (χ1n) is 7.90. The van der Waals surface area contributed by atoms with Gasteiger partial charge in [0, 0.05) is 5.56 Å². The van der Waals surface area contributed by atoms with E-state index in [2.05, 4.69) is 20.9 Å². The van der Waals surface area contributed by atoms with Gasteiger partial charge in [-0.15, -0.1) is 0 Å². The van der Waals surface area contributed by atoms with Crippen molar-refractivity contribution < 1.29 is 14.0 Å². The molecule has 4 nitrogen and oxygen atoms in total. The van der Waals surface area contributed by atoms with Crippen LogP contribution in [0.15, 0.2) is 41.0 Å². The average Bonchev–Trinajstić information content (AvgIpc) is 2.75. The Bertz CT molecular complexity index is 748. The average molecular weight is 390 g/mol. The molecule has 3 rings (SSSR count). The largest absolute Gasteiger partial charge is 0.496 e.